The summed E-state index contributed by atoms with van der Waals surface area (Å²) < 4.78 is 35.5. The van der Waals surface area contributed by atoms with E-state index < -0.39 is 11.6 Å². The molecule has 1 N–H and O–H groups in total. The number of H-pyrrole nitrogens is 1. The molecular formula is C20H17F2N5O2S. The molecule has 0 saturated heterocycles. The highest BCUT2D eigenvalue weighted by atomic mass is 32.2. The Balaban J connectivity index is 1.78. The van der Waals surface area contributed by atoms with E-state index in [9.17, 15) is 13.6 Å². The second-order valence-corrected chi connectivity index (χ2v) is 7.35. The molecular weight excluding hydrogens is 412 g/mol. The molecule has 154 valence electrons. The number of nitrogens with one attached hydrogen (secondary N) is 1. The summed E-state index contributed by atoms with van der Waals surface area (Å²) in [6.45, 7) is -0.0215. The normalized spacial score (nSPS) is 11.3. The van der Waals surface area contributed by atoms with Crippen LogP contribution in [-0.4, -0.2) is 37.7 Å². The minimum Gasteiger partial charge on any atom is -0.380 e. The molecule has 1 aromatic carbocycles. The highest BCUT2D eigenvalue weighted by molar-refractivity contribution is 7.98. The maximum atomic E-state index is 14.6. The van der Waals surface area contributed by atoms with E-state index in [1.807, 2.05) is 0 Å². The summed E-state index contributed by atoms with van der Waals surface area (Å²) in [7, 11) is 1.42. The molecule has 3 heterocycles. The van der Waals surface area contributed by atoms with Crippen molar-refractivity contribution in [3.05, 3.63) is 75.7 Å². The van der Waals surface area contributed by atoms with Crippen LogP contribution in [0.4, 0.5) is 8.78 Å². The minimum atomic E-state index is -0.559. The number of halogens is 2. The number of hydrogen-bond acceptors (Lipinski definition) is 6. The number of hydrogen-bond donors (Lipinski definition) is 1. The summed E-state index contributed by atoms with van der Waals surface area (Å²) in [5.41, 5.74) is 1.32. The van der Waals surface area contributed by atoms with Gasteiger partial charge in [-0.3, -0.25) is 4.79 Å². The van der Waals surface area contributed by atoms with Gasteiger partial charge in [0, 0.05) is 43.9 Å². The van der Waals surface area contributed by atoms with Crippen LogP contribution in [0, 0.1) is 11.6 Å². The number of imidazole rings is 1. The molecule has 4 rings (SSSR count). The van der Waals surface area contributed by atoms with Gasteiger partial charge in [0.25, 0.3) is 5.56 Å². The predicted octanol–water partition coefficient (Wildman–Crippen LogP) is 3.22. The average Bonchev–Trinajstić information content (AvgIpc) is 3.20. The molecule has 0 fully saturated rings. The van der Waals surface area contributed by atoms with Gasteiger partial charge in [0.15, 0.2) is 11.5 Å². The quantitative estimate of drug-likeness (QED) is 0.474. The van der Waals surface area contributed by atoms with Crippen LogP contribution in [-0.2, 0) is 17.8 Å². The van der Waals surface area contributed by atoms with E-state index in [-0.39, 0.29) is 35.5 Å². The van der Waals surface area contributed by atoms with Crippen molar-refractivity contribution in [1.29, 1.82) is 0 Å². The van der Waals surface area contributed by atoms with Crippen molar-refractivity contribution >= 4 is 17.4 Å². The van der Waals surface area contributed by atoms with Gasteiger partial charge in [0.2, 0.25) is 0 Å². The molecule has 4 aromatic rings. The summed E-state index contributed by atoms with van der Waals surface area (Å²) in [6, 6.07) is 2.27. The van der Waals surface area contributed by atoms with Crippen molar-refractivity contribution in [2.24, 2.45) is 0 Å². The SMILES string of the molecule is COCc1cc(F)c(Cc2nc(-c3ncc(SC)c(=O)[nH]3)cn3ccnc23)cc1F. The van der Waals surface area contributed by atoms with E-state index in [0.29, 0.717) is 21.9 Å². The fourth-order valence-electron chi connectivity index (χ4n) is 3.10. The van der Waals surface area contributed by atoms with Gasteiger partial charge in [-0.1, -0.05) is 0 Å². The minimum absolute atomic E-state index is 0.0114. The second-order valence-electron chi connectivity index (χ2n) is 6.51. The lowest BCUT2D eigenvalue weighted by Crippen LogP contribution is -2.12. The molecule has 30 heavy (non-hydrogen) atoms. The van der Waals surface area contributed by atoms with E-state index in [0.717, 1.165) is 12.1 Å². The molecule has 0 atom stereocenters. The highest BCUT2D eigenvalue weighted by Crippen LogP contribution is 2.22. The van der Waals surface area contributed by atoms with Crippen LogP contribution in [0.1, 0.15) is 16.8 Å². The summed E-state index contributed by atoms with van der Waals surface area (Å²) in [6.07, 6.45) is 8.22. The summed E-state index contributed by atoms with van der Waals surface area (Å²) >= 11 is 1.29. The van der Waals surface area contributed by atoms with Crippen LogP contribution in [0.2, 0.25) is 0 Å². The van der Waals surface area contributed by atoms with Crippen molar-refractivity contribution in [3.8, 4) is 11.5 Å². The molecule has 0 aliphatic rings. The first-order valence-corrected chi connectivity index (χ1v) is 10.1. The molecule has 0 radical (unpaired) electrons. The van der Waals surface area contributed by atoms with Crippen molar-refractivity contribution in [2.75, 3.05) is 13.4 Å². The van der Waals surface area contributed by atoms with Gasteiger partial charge < -0.3 is 14.1 Å². The number of aromatic nitrogens is 5. The van der Waals surface area contributed by atoms with Gasteiger partial charge in [-0.25, -0.2) is 23.7 Å². The zero-order chi connectivity index (χ0) is 21.3. The summed E-state index contributed by atoms with van der Waals surface area (Å²) in [4.78, 5) is 28.4. The Hall–Kier alpha value is -3.11. The largest absolute Gasteiger partial charge is 0.380 e. The predicted molar refractivity (Wildman–Crippen MR) is 108 cm³/mol. The topological polar surface area (TPSA) is 85.2 Å². The number of thioether (sulfide) groups is 1. The lowest BCUT2D eigenvalue weighted by molar-refractivity contribution is 0.181. The number of ether oxygens (including phenoxy) is 1. The third-order valence-electron chi connectivity index (χ3n) is 4.55. The van der Waals surface area contributed by atoms with Crippen LogP contribution >= 0.6 is 11.8 Å². The van der Waals surface area contributed by atoms with Crippen molar-refractivity contribution in [1.82, 2.24) is 24.3 Å². The highest BCUT2D eigenvalue weighted by Gasteiger charge is 2.16. The molecule has 0 spiro atoms. The number of benzene rings is 1. The zero-order valence-corrected chi connectivity index (χ0v) is 17.0. The first-order valence-electron chi connectivity index (χ1n) is 8.92. The Bertz CT molecular complexity index is 1290. The smallest absolute Gasteiger partial charge is 0.264 e. The van der Waals surface area contributed by atoms with Crippen molar-refractivity contribution < 1.29 is 13.5 Å². The molecule has 0 bridgehead atoms. The van der Waals surface area contributed by atoms with Gasteiger partial charge in [-0.2, -0.15) is 0 Å². The Morgan fingerprint density at radius 3 is 2.70 bits per heavy atom. The molecule has 0 amide bonds. The monoisotopic (exact) mass is 429 g/mol. The Labute approximate surface area is 174 Å². The number of rotatable bonds is 6. The van der Waals surface area contributed by atoms with Gasteiger partial charge in [0.05, 0.1) is 17.2 Å². The zero-order valence-electron chi connectivity index (χ0n) is 16.1. The summed E-state index contributed by atoms with van der Waals surface area (Å²) in [5.74, 6) is -0.838. The molecule has 0 saturated carbocycles. The number of fused-ring (bicyclic) bond motifs is 1. The van der Waals surface area contributed by atoms with Crippen LogP contribution in [0.15, 0.2) is 46.6 Å². The first-order chi connectivity index (χ1) is 14.5. The van der Waals surface area contributed by atoms with Crippen LogP contribution in [0.25, 0.3) is 17.2 Å². The van der Waals surface area contributed by atoms with E-state index in [2.05, 4.69) is 19.9 Å². The van der Waals surface area contributed by atoms with E-state index in [1.54, 1.807) is 29.2 Å². The van der Waals surface area contributed by atoms with Gasteiger partial charge >= 0.3 is 0 Å². The number of methoxy groups -OCH3 is 1. The molecule has 7 nitrogen and oxygen atoms in total. The first kappa shape index (κ1) is 20.2. The van der Waals surface area contributed by atoms with Crippen LogP contribution < -0.4 is 5.56 Å². The lowest BCUT2D eigenvalue weighted by atomic mass is 10.1. The molecule has 3 aromatic heterocycles. The van der Waals surface area contributed by atoms with E-state index in [4.69, 9.17) is 4.74 Å². The van der Waals surface area contributed by atoms with Gasteiger partial charge in [-0.15, -0.1) is 11.8 Å². The van der Waals surface area contributed by atoms with Crippen LogP contribution in [0.5, 0.6) is 0 Å². The number of aromatic amines is 1. The summed E-state index contributed by atoms with van der Waals surface area (Å²) in [5, 5.41) is 0. The van der Waals surface area contributed by atoms with Gasteiger partial charge in [0.1, 0.15) is 17.3 Å². The number of nitrogens with zero attached hydrogens (tertiary/aromatic N) is 4. The Morgan fingerprint density at radius 2 is 1.97 bits per heavy atom. The second kappa shape index (κ2) is 8.33. The van der Waals surface area contributed by atoms with Crippen molar-refractivity contribution in [2.45, 2.75) is 17.9 Å². The van der Waals surface area contributed by atoms with Crippen molar-refractivity contribution in [3.63, 3.8) is 0 Å². The van der Waals surface area contributed by atoms with Gasteiger partial charge in [-0.05, 0) is 24.0 Å². The molecule has 10 heteroatoms. The molecule has 0 unspecified atom stereocenters. The van der Waals surface area contributed by atoms with E-state index in [1.165, 1.54) is 25.1 Å². The van der Waals surface area contributed by atoms with Crippen LogP contribution in [0.3, 0.4) is 0 Å². The maximum absolute atomic E-state index is 14.6. The third-order valence-corrected chi connectivity index (χ3v) is 5.28. The standard InChI is InChI=1S/C20H17F2N5O2S/c1-29-10-12-6-13(21)11(5-14(12)22)7-15-19-23-3-4-27(19)9-16(25-15)18-24-8-17(30-2)20(28)26-18/h3-6,8-9H,7,10H2,1-2H3,(H,24,26,28). The average molecular weight is 429 g/mol. The lowest BCUT2D eigenvalue weighted by Gasteiger charge is -2.10. The Kier molecular flexibility index (Phi) is 5.60. The molecule has 0 aliphatic carbocycles. The van der Waals surface area contributed by atoms with E-state index >= 15 is 0 Å². The third kappa shape index (κ3) is 3.83. The fourth-order valence-corrected chi connectivity index (χ4v) is 3.49. The Morgan fingerprint density at radius 1 is 1.20 bits per heavy atom. The molecule has 0 aliphatic heterocycles. The fraction of sp³-hybridized carbons (Fsp3) is 0.200. The maximum Gasteiger partial charge on any atom is 0.264 e.